The number of rotatable bonds is 5. The van der Waals surface area contributed by atoms with Crippen LogP contribution < -0.4 is 5.32 Å². The number of benzene rings is 1. The normalized spacial score (nSPS) is 16.3. The number of nitrogens with one attached hydrogen (secondary N) is 1. The lowest BCUT2D eigenvalue weighted by Gasteiger charge is -2.26. The summed E-state index contributed by atoms with van der Waals surface area (Å²) in [6.07, 6.45) is 1.99. The Morgan fingerprint density at radius 2 is 2.07 bits per heavy atom. The Bertz CT molecular complexity index is 865. The molecule has 0 bridgehead atoms. The quantitative estimate of drug-likeness (QED) is 0.706. The number of esters is 1. The lowest BCUT2D eigenvalue weighted by molar-refractivity contribution is -0.144. The third-order valence-electron chi connectivity index (χ3n) is 4.31. The standard InChI is InChI=1S/C19H22ClN3O2S2/c1-5-25-15(24)10-23-19(26-4)21-18-16(11(2)12(3)27-18)17(22-23)13-6-8-14(20)9-7-13/h6-9,19,21H,5,10H2,1-4H3. The van der Waals surface area contributed by atoms with E-state index < -0.39 is 0 Å². The van der Waals surface area contributed by atoms with E-state index in [0.29, 0.717) is 11.6 Å². The predicted octanol–water partition coefficient (Wildman–Crippen LogP) is 4.71. The van der Waals surface area contributed by atoms with Gasteiger partial charge in [-0.3, -0.25) is 9.80 Å². The van der Waals surface area contributed by atoms with Crippen molar-refractivity contribution < 1.29 is 9.53 Å². The van der Waals surface area contributed by atoms with Crippen LogP contribution in [0.25, 0.3) is 0 Å². The molecule has 5 nitrogen and oxygen atoms in total. The Morgan fingerprint density at radius 3 is 2.70 bits per heavy atom. The van der Waals surface area contributed by atoms with Gasteiger partial charge in [-0.05, 0) is 44.7 Å². The number of thiophene rings is 1. The fraction of sp³-hybridized carbons (Fsp3) is 0.368. The van der Waals surface area contributed by atoms with Gasteiger partial charge in [0, 0.05) is 21.0 Å². The van der Waals surface area contributed by atoms with Crippen LogP contribution in [0.1, 0.15) is 28.5 Å². The summed E-state index contributed by atoms with van der Waals surface area (Å²) >= 11 is 9.37. The largest absolute Gasteiger partial charge is 0.465 e. The Labute approximate surface area is 172 Å². The van der Waals surface area contributed by atoms with Crippen molar-refractivity contribution in [2.75, 3.05) is 24.7 Å². The molecular formula is C19H22ClN3O2S2. The molecule has 1 aliphatic heterocycles. The second-order valence-corrected chi connectivity index (χ2v) is 8.66. The molecular weight excluding hydrogens is 402 g/mol. The van der Waals surface area contributed by atoms with Gasteiger partial charge in [-0.25, -0.2) is 0 Å². The molecule has 1 aromatic heterocycles. The highest BCUT2D eigenvalue weighted by Gasteiger charge is 2.29. The molecule has 1 aromatic carbocycles. The van der Waals surface area contributed by atoms with Crippen LogP contribution in [0.3, 0.4) is 0 Å². The molecule has 2 heterocycles. The number of carbonyl (C=O) groups is 1. The highest BCUT2D eigenvalue weighted by Crippen LogP contribution is 2.38. The molecule has 0 saturated carbocycles. The number of ether oxygens (including phenoxy) is 1. The molecule has 8 heteroatoms. The summed E-state index contributed by atoms with van der Waals surface area (Å²) in [7, 11) is 0. The van der Waals surface area contributed by atoms with E-state index in [1.807, 2.05) is 30.5 Å². The molecule has 0 amide bonds. The molecule has 3 rings (SSSR count). The molecule has 144 valence electrons. The SMILES string of the molecule is CCOC(=O)CN1N=C(c2ccc(Cl)cc2)c2c(sc(C)c2C)NC1SC. The first-order valence-corrected chi connectivity index (χ1v) is 11.1. The van der Waals surface area contributed by atoms with Crippen molar-refractivity contribution in [1.82, 2.24) is 5.01 Å². The van der Waals surface area contributed by atoms with E-state index in [-0.39, 0.29) is 18.0 Å². The second kappa shape index (κ2) is 8.54. The third-order valence-corrected chi connectivity index (χ3v) is 6.51. The fourth-order valence-corrected chi connectivity index (χ4v) is 4.76. The highest BCUT2D eigenvalue weighted by atomic mass is 35.5. The molecule has 0 saturated heterocycles. The Morgan fingerprint density at radius 1 is 1.37 bits per heavy atom. The molecule has 0 radical (unpaired) electrons. The van der Waals surface area contributed by atoms with E-state index in [1.54, 1.807) is 35.0 Å². The van der Waals surface area contributed by atoms with Crippen molar-refractivity contribution in [2.24, 2.45) is 5.10 Å². The van der Waals surface area contributed by atoms with E-state index in [9.17, 15) is 4.79 Å². The monoisotopic (exact) mass is 423 g/mol. The molecule has 2 aromatic rings. The Kier molecular flexibility index (Phi) is 6.34. The molecule has 0 aliphatic carbocycles. The number of anilines is 1. The first kappa shape index (κ1) is 20.0. The van der Waals surface area contributed by atoms with Crippen LogP contribution in [0.4, 0.5) is 5.00 Å². The minimum atomic E-state index is -0.296. The van der Waals surface area contributed by atoms with Crippen molar-refractivity contribution >= 4 is 51.4 Å². The first-order valence-electron chi connectivity index (χ1n) is 8.61. The lowest BCUT2D eigenvalue weighted by atomic mass is 10.0. The van der Waals surface area contributed by atoms with E-state index in [2.05, 4.69) is 19.2 Å². The molecule has 27 heavy (non-hydrogen) atoms. The van der Waals surface area contributed by atoms with E-state index in [4.69, 9.17) is 21.4 Å². The number of thioether (sulfide) groups is 1. The molecule has 1 unspecified atom stereocenters. The van der Waals surface area contributed by atoms with Gasteiger partial charge in [-0.1, -0.05) is 23.7 Å². The summed E-state index contributed by atoms with van der Waals surface area (Å²) < 4.78 is 5.13. The summed E-state index contributed by atoms with van der Waals surface area (Å²) in [4.78, 5) is 13.4. The summed E-state index contributed by atoms with van der Waals surface area (Å²) in [6.45, 7) is 6.45. The maximum atomic E-state index is 12.1. The number of halogens is 1. The van der Waals surface area contributed by atoms with Crippen LogP contribution >= 0.6 is 34.7 Å². The van der Waals surface area contributed by atoms with E-state index in [1.165, 1.54) is 10.4 Å². The minimum Gasteiger partial charge on any atom is -0.465 e. The van der Waals surface area contributed by atoms with Crippen LogP contribution in [-0.2, 0) is 9.53 Å². The minimum absolute atomic E-state index is 0.0798. The van der Waals surface area contributed by atoms with Crippen molar-refractivity contribution in [2.45, 2.75) is 26.3 Å². The number of hydrazone groups is 1. The molecule has 1 atom stereocenters. The third kappa shape index (κ3) is 4.25. The zero-order chi connectivity index (χ0) is 19.6. The van der Waals surface area contributed by atoms with Crippen LogP contribution in [0.2, 0.25) is 5.02 Å². The fourth-order valence-electron chi connectivity index (χ4n) is 2.88. The topological polar surface area (TPSA) is 53.9 Å². The zero-order valence-electron chi connectivity index (χ0n) is 15.7. The predicted molar refractivity (Wildman–Crippen MR) is 115 cm³/mol. The molecule has 0 fully saturated rings. The number of carbonyl (C=O) groups excluding carboxylic acids is 1. The maximum absolute atomic E-state index is 12.1. The summed E-state index contributed by atoms with van der Waals surface area (Å²) in [6, 6.07) is 7.63. The van der Waals surface area contributed by atoms with Gasteiger partial charge < -0.3 is 10.1 Å². The number of hydrogen-bond acceptors (Lipinski definition) is 7. The highest BCUT2D eigenvalue weighted by molar-refractivity contribution is 7.99. The zero-order valence-corrected chi connectivity index (χ0v) is 18.1. The number of aryl methyl sites for hydroxylation is 1. The van der Waals surface area contributed by atoms with Gasteiger partial charge in [0.2, 0.25) is 0 Å². The average molecular weight is 424 g/mol. The first-order chi connectivity index (χ1) is 12.9. The van der Waals surface area contributed by atoms with E-state index in [0.717, 1.165) is 21.8 Å². The van der Waals surface area contributed by atoms with Crippen LogP contribution in [0, 0.1) is 13.8 Å². The van der Waals surface area contributed by atoms with Gasteiger partial charge in [0.25, 0.3) is 0 Å². The van der Waals surface area contributed by atoms with Gasteiger partial charge in [-0.2, -0.15) is 5.10 Å². The van der Waals surface area contributed by atoms with Gasteiger partial charge in [0.1, 0.15) is 17.3 Å². The second-order valence-electron chi connectivity index (χ2n) is 6.08. The van der Waals surface area contributed by atoms with Crippen LogP contribution in [0.15, 0.2) is 29.4 Å². The van der Waals surface area contributed by atoms with Gasteiger partial charge >= 0.3 is 5.97 Å². The number of nitrogens with zero attached hydrogens (tertiary/aromatic N) is 2. The summed E-state index contributed by atoms with van der Waals surface area (Å²) in [5.41, 5.74) is 3.88. The Hall–Kier alpha value is -1.70. The smallest absolute Gasteiger partial charge is 0.327 e. The van der Waals surface area contributed by atoms with Gasteiger partial charge in [0.05, 0.1) is 6.61 Å². The van der Waals surface area contributed by atoms with Crippen molar-refractivity contribution in [3.05, 3.63) is 50.9 Å². The van der Waals surface area contributed by atoms with Crippen molar-refractivity contribution in [3.8, 4) is 0 Å². The van der Waals surface area contributed by atoms with Crippen LogP contribution in [-0.4, -0.2) is 41.6 Å². The Balaban J connectivity index is 2.12. The number of fused-ring (bicyclic) bond motifs is 1. The van der Waals surface area contributed by atoms with Crippen molar-refractivity contribution in [1.29, 1.82) is 0 Å². The number of hydrogen-bond donors (Lipinski definition) is 1. The average Bonchev–Trinajstić information content (AvgIpc) is 2.82. The van der Waals surface area contributed by atoms with Crippen LogP contribution in [0.5, 0.6) is 0 Å². The summed E-state index contributed by atoms with van der Waals surface area (Å²) in [5.74, 6) is -0.296. The lowest BCUT2D eigenvalue weighted by Crippen LogP contribution is -2.38. The molecule has 1 N–H and O–H groups in total. The van der Waals surface area contributed by atoms with Gasteiger partial charge in [0.15, 0.2) is 5.50 Å². The maximum Gasteiger partial charge on any atom is 0.327 e. The molecule has 0 spiro atoms. The summed E-state index contributed by atoms with van der Waals surface area (Å²) in [5, 5.41) is 11.9. The van der Waals surface area contributed by atoms with Crippen molar-refractivity contribution in [3.63, 3.8) is 0 Å². The van der Waals surface area contributed by atoms with E-state index >= 15 is 0 Å². The molecule has 1 aliphatic rings. The van der Waals surface area contributed by atoms with Gasteiger partial charge in [-0.15, -0.1) is 23.1 Å².